The van der Waals surface area contributed by atoms with Gasteiger partial charge in [-0.3, -0.25) is 0 Å². The Hall–Kier alpha value is -1.14. The maximum absolute atomic E-state index is 9.40. The molecule has 1 unspecified atom stereocenters. The number of anilines is 1. The van der Waals surface area contributed by atoms with E-state index in [1.807, 2.05) is 18.9 Å². The smallest absolute Gasteiger partial charge is 0.318 e. The van der Waals surface area contributed by atoms with Crippen LogP contribution in [0.1, 0.15) is 31.7 Å². The molecule has 1 fully saturated rings. The molecule has 2 N–H and O–H groups in total. The summed E-state index contributed by atoms with van der Waals surface area (Å²) in [5.74, 6) is 0.601. The fourth-order valence-electron chi connectivity index (χ4n) is 1.71. The van der Waals surface area contributed by atoms with Crippen molar-refractivity contribution in [1.29, 1.82) is 0 Å². The summed E-state index contributed by atoms with van der Waals surface area (Å²) in [5, 5.41) is 20.5. The zero-order valence-corrected chi connectivity index (χ0v) is 9.68. The molecule has 1 aliphatic heterocycles. The van der Waals surface area contributed by atoms with Crippen LogP contribution in [0.15, 0.2) is 4.42 Å². The van der Waals surface area contributed by atoms with Gasteiger partial charge < -0.3 is 19.7 Å². The second-order valence-corrected chi connectivity index (χ2v) is 4.15. The number of nitrogens with zero attached hydrogens (tertiary/aromatic N) is 3. The van der Waals surface area contributed by atoms with Gasteiger partial charge >= 0.3 is 6.01 Å². The summed E-state index contributed by atoms with van der Waals surface area (Å²) in [7, 11) is 1.85. The van der Waals surface area contributed by atoms with Crippen LogP contribution in [-0.4, -0.2) is 41.5 Å². The third kappa shape index (κ3) is 2.33. The van der Waals surface area contributed by atoms with E-state index in [0.717, 1.165) is 25.9 Å². The molecule has 1 aromatic rings. The predicted molar refractivity (Wildman–Crippen MR) is 59.2 cm³/mol. The van der Waals surface area contributed by atoms with Crippen LogP contribution in [0.3, 0.4) is 0 Å². The standard InChI is InChI=1S/C10H18N4O2/c1-7(11-2)9-12-13-10(16-9)14-5-3-8(15)4-6-14/h7-8,11,15H,3-6H2,1-2H3. The molecule has 1 aromatic heterocycles. The Balaban J connectivity index is 2.01. The second kappa shape index (κ2) is 4.80. The monoisotopic (exact) mass is 226 g/mol. The van der Waals surface area contributed by atoms with Crippen LogP contribution in [0.25, 0.3) is 0 Å². The fraction of sp³-hybridized carbons (Fsp3) is 0.800. The van der Waals surface area contributed by atoms with Crippen molar-refractivity contribution in [1.82, 2.24) is 15.5 Å². The van der Waals surface area contributed by atoms with Gasteiger partial charge in [0, 0.05) is 13.1 Å². The Kier molecular flexibility index (Phi) is 3.40. The highest BCUT2D eigenvalue weighted by atomic mass is 16.4. The van der Waals surface area contributed by atoms with Crippen molar-refractivity contribution in [3.8, 4) is 0 Å². The minimum atomic E-state index is -0.185. The van der Waals surface area contributed by atoms with E-state index in [4.69, 9.17) is 4.42 Å². The highest BCUT2D eigenvalue weighted by Crippen LogP contribution is 2.20. The highest BCUT2D eigenvalue weighted by Gasteiger charge is 2.22. The maximum atomic E-state index is 9.40. The Morgan fingerprint density at radius 2 is 2.12 bits per heavy atom. The molecule has 0 radical (unpaired) electrons. The van der Waals surface area contributed by atoms with Crippen molar-refractivity contribution in [2.45, 2.75) is 31.9 Å². The van der Waals surface area contributed by atoms with Crippen molar-refractivity contribution in [2.24, 2.45) is 0 Å². The minimum Gasteiger partial charge on any atom is -0.406 e. The number of aromatic nitrogens is 2. The number of aliphatic hydroxyl groups excluding tert-OH is 1. The van der Waals surface area contributed by atoms with Crippen molar-refractivity contribution in [2.75, 3.05) is 25.0 Å². The summed E-state index contributed by atoms with van der Waals surface area (Å²) in [6.45, 7) is 3.52. The number of rotatable bonds is 3. The van der Waals surface area contributed by atoms with Gasteiger partial charge in [-0.2, -0.15) is 0 Å². The molecule has 0 aliphatic carbocycles. The average molecular weight is 226 g/mol. The molecule has 6 heteroatoms. The second-order valence-electron chi connectivity index (χ2n) is 4.15. The van der Waals surface area contributed by atoms with Crippen LogP contribution in [0.4, 0.5) is 6.01 Å². The molecule has 2 heterocycles. The molecule has 0 spiro atoms. The highest BCUT2D eigenvalue weighted by molar-refractivity contribution is 5.25. The van der Waals surface area contributed by atoms with Gasteiger partial charge in [-0.25, -0.2) is 0 Å². The van der Waals surface area contributed by atoms with Crippen molar-refractivity contribution < 1.29 is 9.52 Å². The largest absolute Gasteiger partial charge is 0.406 e. The van der Waals surface area contributed by atoms with E-state index in [0.29, 0.717) is 11.9 Å². The molecule has 0 bridgehead atoms. The molecule has 1 saturated heterocycles. The molecule has 6 nitrogen and oxygen atoms in total. The summed E-state index contributed by atoms with van der Waals surface area (Å²) in [4.78, 5) is 2.02. The molecular formula is C10H18N4O2. The zero-order valence-electron chi connectivity index (χ0n) is 9.68. The lowest BCUT2D eigenvalue weighted by molar-refractivity contribution is 0.144. The summed E-state index contributed by atoms with van der Waals surface area (Å²) < 4.78 is 5.57. The number of hydrogen-bond acceptors (Lipinski definition) is 6. The van der Waals surface area contributed by atoms with Crippen LogP contribution in [0.5, 0.6) is 0 Å². The first kappa shape index (κ1) is 11.3. The van der Waals surface area contributed by atoms with Gasteiger partial charge in [0.1, 0.15) is 0 Å². The molecule has 1 atom stereocenters. The maximum Gasteiger partial charge on any atom is 0.318 e. The summed E-state index contributed by atoms with van der Waals surface area (Å²) >= 11 is 0. The minimum absolute atomic E-state index is 0.0663. The Morgan fingerprint density at radius 3 is 2.75 bits per heavy atom. The lowest BCUT2D eigenvalue weighted by Gasteiger charge is -2.27. The van der Waals surface area contributed by atoms with E-state index >= 15 is 0 Å². The van der Waals surface area contributed by atoms with Gasteiger partial charge in [0.2, 0.25) is 5.89 Å². The number of hydrogen-bond donors (Lipinski definition) is 2. The van der Waals surface area contributed by atoms with E-state index < -0.39 is 0 Å². The molecule has 2 rings (SSSR count). The van der Waals surface area contributed by atoms with Crippen LogP contribution in [-0.2, 0) is 0 Å². The van der Waals surface area contributed by atoms with E-state index in [-0.39, 0.29) is 12.1 Å². The third-order valence-corrected chi connectivity index (χ3v) is 2.97. The molecule has 16 heavy (non-hydrogen) atoms. The molecule has 1 aliphatic rings. The molecule has 0 aromatic carbocycles. The van der Waals surface area contributed by atoms with Gasteiger partial charge in [-0.15, -0.1) is 5.10 Å². The lowest BCUT2D eigenvalue weighted by atomic mass is 10.1. The van der Waals surface area contributed by atoms with Crippen LogP contribution >= 0.6 is 0 Å². The summed E-state index contributed by atoms with van der Waals surface area (Å²) in [6, 6.07) is 0.626. The zero-order chi connectivity index (χ0) is 11.5. The summed E-state index contributed by atoms with van der Waals surface area (Å²) in [6.07, 6.45) is 1.34. The molecular weight excluding hydrogens is 208 g/mol. The van der Waals surface area contributed by atoms with Crippen LogP contribution in [0, 0.1) is 0 Å². The average Bonchev–Trinajstić information content (AvgIpc) is 2.78. The number of piperidine rings is 1. The fourth-order valence-corrected chi connectivity index (χ4v) is 1.71. The quantitative estimate of drug-likeness (QED) is 0.772. The molecule has 0 amide bonds. The first-order valence-corrected chi connectivity index (χ1v) is 5.64. The Morgan fingerprint density at radius 1 is 1.44 bits per heavy atom. The topological polar surface area (TPSA) is 74.4 Å². The number of aliphatic hydroxyl groups is 1. The summed E-state index contributed by atoms with van der Waals surface area (Å²) in [5.41, 5.74) is 0. The Labute approximate surface area is 94.7 Å². The Bertz CT molecular complexity index is 333. The SMILES string of the molecule is CNC(C)c1nnc(N2CCC(O)CC2)o1. The van der Waals surface area contributed by atoms with Gasteiger partial charge in [0.05, 0.1) is 12.1 Å². The number of nitrogens with one attached hydrogen (secondary N) is 1. The van der Waals surface area contributed by atoms with Crippen molar-refractivity contribution >= 4 is 6.01 Å². The van der Waals surface area contributed by atoms with Gasteiger partial charge in [-0.05, 0) is 26.8 Å². The van der Waals surface area contributed by atoms with E-state index in [9.17, 15) is 5.11 Å². The first-order chi connectivity index (χ1) is 7.70. The van der Waals surface area contributed by atoms with Crippen LogP contribution < -0.4 is 10.2 Å². The van der Waals surface area contributed by atoms with E-state index in [1.165, 1.54) is 0 Å². The van der Waals surface area contributed by atoms with E-state index in [2.05, 4.69) is 15.5 Å². The van der Waals surface area contributed by atoms with Crippen molar-refractivity contribution in [3.05, 3.63) is 5.89 Å². The van der Waals surface area contributed by atoms with Gasteiger partial charge in [0.15, 0.2) is 0 Å². The van der Waals surface area contributed by atoms with Crippen LogP contribution in [0.2, 0.25) is 0 Å². The predicted octanol–water partition coefficient (Wildman–Crippen LogP) is 0.311. The van der Waals surface area contributed by atoms with E-state index in [1.54, 1.807) is 0 Å². The lowest BCUT2D eigenvalue weighted by Crippen LogP contribution is -2.35. The van der Waals surface area contributed by atoms with Gasteiger partial charge in [-0.1, -0.05) is 5.10 Å². The normalized spacial score (nSPS) is 20.1. The van der Waals surface area contributed by atoms with Gasteiger partial charge in [0.25, 0.3) is 0 Å². The molecule has 90 valence electrons. The van der Waals surface area contributed by atoms with Crippen molar-refractivity contribution in [3.63, 3.8) is 0 Å². The molecule has 0 saturated carbocycles. The first-order valence-electron chi connectivity index (χ1n) is 5.64. The third-order valence-electron chi connectivity index (χ3n) is 2.97.